The fourth-order valence-electron chi connectivity index (χ4n) is 2.49. The lowest BCUT2D eigenvalue weighted by molar-refractivity contribution is -0.127. The van der Waals surface area contributed by atoms with Crippen molar-refractivity contribution in [2.75, 3.05) is 0 Å². The SMILES string of the molecule is Cc1ccc([C@@H](C)NC(=O)[C@H](C)Oc2ccc(Cl)cc2)c(C)c1. The third-order valence-electron chi connectivity index (χ3n) is 3.75. The van der Waals surface area contributed by atoms with Crippen LogP contribution in [-0.2, 0) is 4.79 Å². The minimum atomic E-state index is -0.579. The van der Waals surface area contributed by atoms with E-state index in [4.69, 9.17) is 16.3 Å². The first kappa shape index (κ1) is 17.4. The standard InChI is InChI=1S/C19H22ClNO2/c1-12-5-10-18(13(2)11-12)14(3)21-19(22)15(4)23-17-8-6-16(20)7-9-17/h5-11,14-15H,1-4H3,(H,21,22)/t14-,15+/m1/s1. The third-order valence-corrected chi connectivity index (χ3v) is 4.00. The Morgan fingerprint density at radius 3 is 2.35 bits per heavy atom. The number of hydrogen-bond donors (Lipinski definition) is 1. The summed E-state index contributed by atoms with van der Waals surface area (Å²) in [6, 6.07) is 13.1. The van der Waals surface area contributed by atoms with Gasteiger partial charge in [-0.05, 0) is 63.1 Å². The van der Waals surface area contributed by atoms with Gasteiger partial charge in [0.05, 0.1) is 6.04 Å². The van der Waals surface area contributed by atoms with Gasteiger partial charge in [-0.3, -0.25) is 4.79 Å². The molecule has 0 unspecified atom stereocenters. The quantitative estimate of drug-likeness (QED) is 0.869. The fourth-order valence-corrected chi connectivity index (χ4v) is 2.62. The van der Waals surface area contributed by atoms with E-state index < -0.39 is 6.10 Å². The number of benzene rings is 2. The average molecular weight is 332 g/mol. The zero-order valence-corrected chi connectivity index (χ0v) is 14.6. The number of rotatable bonds is 5. The summed E-state index contributed by atoms with van der Waals surface area (Å²) in [6.07, 6.45) is -0.579. The number of carbonyl (C=O) groups is 1. The molecule has 0 spiro atoms. The molecule has 0 aliphatic carbocycles. The molecule has 0 saturated carbocycles. The lowest BCUT2D eigenvalue weighted by atomic mass is 10.0. The Bertz CT molecular complexity index is 682. The van der Waals surface area contributed by atoms with Crippen molar-refractivity contribution in [3.05, 3.63) is 64.2 Å². The molecule has 0 fully saturated rings. The molecule has 0 aliphatic heterocycles. The number of halogens is 1. The van der Waals surface area contributed by atoms with E-state index >= 15 is 0 Å². The van der Waals surface area contributed by atoms with Gasteiger partial charge in [0.2, 0.25) is 0 Å². The highest BCUT2D eigenvalue weighted by atomic mass is 35.5. The summed E-state index contributed by atoms with van der Waals surface area (Å²) in [5.74, 6) is 0.476. The minimum absolute atomic E-state index is 0.0700. The molecule has 0 bridgehead atoms. The van der Waals surface area contributed by atoms with Crippen molar-refractivity contribution < 1.29 is 9.53 Å². The lowest BCUT2D eigenvalue weighted by Gasteiger charge is -2.20. The second-order valence-electron chi connectivity index (χ2n) is 5.80. The number of nitrogens with one attached hydrogen (secondary N) is 1. The van der Waals surface area contributed by atoms with Crippen LogP contribution < -0.4 is 10.1 Å². The molecule has 1 N–H and O–H groups in total. The zero-order chi connectivity index (χ0) is 17.0. The van der Waals surface area contributed by atoms with Crippen molar-refractivity contribution in [2.45, 2.75) is 39.8 Å². The highest BCUT2D eigenvalue weighted by Crippen LogP contribution is 2.20. The monoisotopic (exact) mass is 331 g/mol. The first-order valence-corrected chi connectivity index (χ1v) is 8.04. The predicted molar refractivity (Wildman–Crippen MR) is 94.0 cm³/mol. The van der Waals surface area contributed by atoms with Crippen LogP contribution in [0.3, 0.4) is 0 Å². The van der Waals surface area contributed by atoms with Gasteiger partial charge in [-0.25, -0.2) is 0 Å². The first-order chi connectivity index (χ1) is 10.9. The summed E-state index contributed by atoms with van der Waals surface area (Å²) in [5.41, 5.74) is 3.50. The van der Waals surface area contributed by atoms with Crippen LogP contribution in [0, 0.1) is 13.8 Å². The molecule has 2 aromatic rings. The maximum atomic E-state index is 12.3. The largest absolute Gasteiger partial charge is 0.481 e. The Hall–Kier alpha value is -2.00. The molecule has 2 aromatic carbocycles. The Morgan fingerprint density at radius 1 is 1.09 bits per heavy atom. The van der Waals surface area contributed by atoms with Gasteiger partial charge in [0.25, 0.3) is 5.91 Å². The number of ether oxygens (including phenoxy) is 1. The van der Waals surface area contributed by atoms with Crippen LogP contribution in [0.4, 0.5) is 0 Å². The van der Waals surface area contributed by atoms with Gasteiger partial charge < -0.3 is 10.1 Å². The molecule has 1 amide bonds. The van der Waals surface area contributed by atoms with Crippen LogP contribution in [0.2, 0.25) is 5.02 Å². The highest BCUT2D eigenvalue weighted by Gasteiger charge is 2.18. The van der Waals surface area contributed by atoms with E-state index in [-0.39, 0.29) is 11.9 Å². The smallest absolute Gasteiger partial charge is 0.261 e. The van der Waals surface area contributed by atoms with Gasteiger partial charge in [0.15, 0.2) is 6.10 Å². The maximum Gasteiger partial charge on any atom is 0.261 e. The lowest BCUT2D eigenvalue weighted by Crippen LogP contribution is -2.37. The van der Waals surface area contributed by atoms with Crippen molar-refractivity contribution in [1.29, 1.82) is 0 Å². The second-order valence-corrected chi connectivity index (χ2v) is 6.24. The van der Waals surface area contributed by atoms with Gasteiger partial charge in [-0.2, -0.15) is 0 Å². The van der Waals surface area contributed by atoms with Gasteiger partial charge in [0, 0.05) is 5.02 Å². The molecular formula is C19H22ClNO2. The van der Waals surface area contributed by atoms with Crippen LogP contribution >= 0.6 is 11.6 Å². The van der Waals surface area contributed by atoms with Crippen LogP contribution in [-0.4, -0.2) is 12.0 Å². The summed E-state index contributed by atoms with van der Waals surface area (Å²) in [6.45, 7) is 7.82. The normalized spacial score (nSPS) is 13.3. The molecule has 23 heavy (non-hydrogen) atoms. The molecule has 0 aliphatic rings. The highest BCUT2D eigenvalue weighted by molar-refractivity contribution is 6.30. The van der Waals surface area contributed by atoms with Crippen molar-refractivity contribution in [3.8, 4) is 5.75 Å². The second kappa shape index (κ2) is 7.51. The fraction of sp³-hybridized carbons (Fsp3) is 0.316. The Morgan fingerprint density at radius 2 is 1.74 bits per heavy atom. The molecule has 2 atom stereocenters. The van der Waals surface area contributed by atoms with E-state index in [2.05, 4.69) is 37.4 Å². The summed E-state index contributed by atoms with van der Waals surface area (Å²) >= 11 is 5.84. The number of amides is 1. The van der Waals surface area contributed by atoms with E-state index in [0.29, 0.717) is 10.8 Å². The van der Waals surface area contributed by atoms with Gasteiger partial charge in [-0.15, -0.1) is 0 Å². The van der Waals surface area contributed by atoms with Crippen LogP contribution in [0.5, 0.6) is 5.75 Å². The van der Waals surface area contributed by atoms with Crippen molar-refractivity contribution in [2.24, 2.45) is 0 Å². The number of hydrogen-bond acceptors (Lipinski definition) is 2. The number of carbonyl (C=O) groups excluding carboxylic acids is 1. The Labute approximate surface area is 142 Å². The topological polar surface area (TPSA) is 38.3 Å². The first-order valence-electron chi connectivity index (χ1n) is 7.66. The molecule has 2 rings (SSSR count). The van der Waals surface area contributed by atoms with Crippen molar-refractivity contribution in [3.63, 3.8) is 0 Å². The van der Waals surface area contributed by atoms with E-state index in [1.165, 1.54) is 11.1 Å². The molecular weight excluding hydrogens is 310 g/mol. The Balaban J connectivity index is 1.98. The predicted octanol–water partition coefficient (Wildman–Crippen LogP) is 4.60. The summed E-state index contributed by atoms with van der Waals surface area (Å²) in [7, 11) is 0. The van der Waals surface area contributed by atoms with Crippen molar-refractivity contribution >= 4 is 17.5 Å². The molecule has 0 saturated heterocycles. The summed E-state index contributed by atoms with van der Waals surface area (Å²) in [4.78, 5) is 12.3. The van der Waals surface area contributed by atoms with Crippen LogP contribution in [0.1, 0.15) is 36.6 Å². The average Bonchev–Trinajstić information content (AvgIpc) is 2.49. The molecule has 4 heteroatoms. The summed E-state index contributed by atoms with van der Waals surface area (Å²) in [5, 5.41) is 3.63. The third kappa shape index (κ3) is 4.73. The molecule has 0 aromatic heterocycles. The van der Waals surface area contributed by atoms with E-state index in [1.807, 2.05) is 6.92 Å². The van der Waals surface area contributed by atoms with Gasteiger partial charge in [0.1, 0.15) is 5.75 Å². The van der Waals surface area contributed by atoms with Crippen molar-refractivity contribution in [1.82, 2.24) is 5.32 Å². The molecule has 0 heterocycles. The summed E-state index contributed by atoms with van der Waals surface area (Å²) < 4.78 is 5.65. The molecule has 3 nitrogen and oxygen atoms in total. The van der Waals surface area contributed by atoms with Gasteiger partial charge in [-0.1, -0.05) is 35.4 Å². The molecule has 0 radical (unpaired) electrons. The zero-order valence-electron chi connectivity index (χ0n) is 13.9. The van der Waals surface area contributed by atoms with Gasteiger partial charge >= 0.3 is 0 Å². The minimum Gasteiger partial charge on any atom is -0.481 e. The van der Waals surface area contributed by atoms with Crippen LogP contribution in [0.25, 0.3) is 0 Å². The van der Waals surface area contributed by atoms with Crippen LogP contribution in [0.15, 0.2) is 42.5 Å². The van der Waals surface area contributed by atoms with E-state index in [1.54, 1.807) is 31.2 Å². The maximum absolute atomic E-state index is 12.3. The van der Waals surface area contributed by atoms with E-state index in [9.17, 15) is 4.79 Å². The molecule has 122 valence electrons. The Kier molecular flexibility index (Phi) is 5.67. The number of aryl methyl sites for hydroxylation is 2. The van der Waals surface area contributed by atoms with E-state index in [0.717, 1.165) is 5.56 Å².